The molecule has 3 N–H and O–H groups in total. The molecular weight excluding hydrogens is 671 g/mol. The Morgan fingerprint density at radius 2 is 1.00 bits per heavy atom. The summed E-state index contributed by atoms with van der Waals surface area (Å²) in [5.41, 5.74) is 0. The molecule has 54 heavy (non-hydrogen) atoms. The summed E-state index contributed by atoms with van der Waals surface area (Å²) in [6.07, 6.45) is 51.0. The Kier molecular flexibility index (Phi) is 39.4. The van der Waals surface area contributed by atoms with Crippen LogP contribution in [0, 0.1) is 0 Å². The predicted molar refractivity (Wildman–Crippen MR) is 231 cm³/mol. The third-order valence-electron chi connectivity index (χ3n) is 9.65. The van der Waals surface area contributed by atoms with Crippen LogP contribution in [-0.2, 0) is 14.3 Å². The first-order valence-corrected chi connectivity index (χ1v) is 22.2. The lowest BCUT2D eigenvalue weighted by Gasteiger charge is -2.24. The molecule has 0 aromatic heterocycles. The molecule has 3 unspecified atom stereocenters. The van der Waals surface area contributed by atoms with Crippen LogP contribution in [-0.4, -0.2) is 46.9 Å². The number of hydrogen-bond acceptors (Lipinski definition) is 5. The molecule has 0 spiro atoms. The topological polar surface area (TPSA) is 95.9 Å². The van der Waals surface area contributed by atoms with Crippen LogP contribution in [0.2, 0.25) is 0 Å². The maximum absolute atomic E-state index is 13.1. The molecule has 310 valence electrons. The van der Waals surface area contributed by atoms with Gasteiger partial charge in [0.05, 0.1) is 25.2 Å². The molecule has 3 atom stereocenters. The van der Waals surface area contributed by atoms with Gasteiger partial charge in [-0.2, -0.15) is 0 Å². The van der Waals surface area contributed by atoms with Crippen LogP contribution in [0.3, 0.4) is 0 Å². The molecule has 6 heteroatoms. The van der Waals surface area contributed by atoms with Crippen molar-refractivity contribution in [2.45, 2.75) is 212 Å². The summed E-state index contributed by atoms with van der Waals surface area (Å²) in [5, 5.41) is 23.6. The average molecular weight is 754 g/mol. The zero-order valence-electron chi connectivity index (χ0n) is 35.1. The van der Waals surface area contributed by atoms with E-state index < -0.39 is 18.2 Å². The van der Waals surface area contributed by atoms with E-state index >= 15 is 0 Å². The Labute approximate surface area is 332 Å². The standard InChI is InChI=1S/C48H83NO5/c1-4-7-10-13-16-19-21-23-25-28-30-33-36-39-44(54-48(53)41-38-35-32-29-26-24-22-20-17-14-11-8-5-2)42-47(52)49-45(43-50)46(51)40-37-34-31-27-18-15-12-9-6-3/h7-8,10-11,13-14,16-17,19-22,44-46,50-51H,4-6,9,12,15,18,23-43H2,1-3H3,(H,49,52)/b10-7+,11-8+,16-13+,17-14+,21-19+,22-20-. The number of hydrogen-bond donors (Lipinski definition) is 3. The summed E-state index contributed by atoms with van der Waals surface area (Å²) in [7, 11) is 0. The third kappa shape index (κ3) is 36.3. The highest BCUT2D eigenvalue weighted by Crippen LogP contribution is 2.17. The van der Waals surface area contributed by atoms with Gasteiger partial charge in [0.25, 0.3) is 0 Å². The fourth-order valence-electron chi connectivity index (χ4n) is 6.31. The summed E-state index contributed by atoms with van der Waals surface area (Å²) in [6.45, 7) is 6.17. The number of nitrogens with one attached hydrogen (secondary N) is 1. The number of aliphatic hydroxyl groups is 2. The number of esters is 1. The second-order valence-corrected chi connectivity index (χ2v) is 14.8. The quantitative estimate of drug-likeness (QED) is 0.0331. The van der Waals surface area contributed by atoms with Gasteiger partial charge < -0.3 is 20.3 Å². The molecule has 0 radical (unpaired) electrons. The van der Waals surface area contributed by atoms with Crippen LogP contribution >= 0.6 is 0 Å². The van der Waals surface area contributed by atoms with E-state index in [2.05, 4.69) is 99.0 Å². The lowest BCUT2D eigenvalue weighted by molar-refractivity contribution is -0.151. The minimum Gasteiger partial charge on any atom is -0.462 e. The molecule has 6 nitrogen and oxygen atoms in total. The SMILES string of the molecule is CC/C=C/C=C/C=C\CCCCCCCC(=O)OC(CCCCCCC/C=C/C=C/C=C/CC)CC(=O)NC(CO)C(O)CCCCCCCCCCC. The number of aliphatic hydroxyl groups excluding tert-OH is 2. The highest BCUT2D eigenvalue weighted by atomic mass is 16.5. The maximum Gasteiger partial charge on any atom is 0.306 e. The van der Waals surface area contributed by atoms with E-state index in [1.54, 1.807) is 0 Å². The number of rotatable bonds is 38. The number of amides is 1. The first kappa shape index (κ1) is 51.3. The van der Waals surface area contributed by atoms with Crippen molar-refractivity contribution in [1.82, 2.24) is 5.32 Å². The Morgan fingerprint density at radius 1 is 0.556 bits per heavy atom. The summed E-state index contributed by atoms with van der Waals surface area (Å²) in [5.74, 6) is -0.527. The first-order valence-electron chi connectivity index (χ1n) is 22.2. The molecule has 0 rings (SSSR count). The molecule has 0 aromatic carbocycles. The van der Waals surface area contributed by atoms with E-state index in [9.17, 15) is 19.8 Å². The fraction of sp³-hybridized carbons (Fsp3) is 0.708. The van der Waals surface area contributed by atoms with Crippen LogP contribution in [0.4, 0.5) is 0 Å². The second-order valence-electron chi connectivity index (χ2n) is 14.8. The number of unbranched alkanes of at least 4 members (excludes halogenated alkanes) is 18. The highest BCUT2D eigenvalue weighted by Gasteiger charge is 2.24. The predicted octanol–water partition coefficient (Wildman–Crippen LogP) is 12.7. The van der Waals surface area contributed by atoms with Crippen molar-refractivity contribution in [3.05, 3.63) is 72.9 Å². The molecule has 0 aliphatic rings. The molecule has 0 aliphatic carbocycles. The van der Waals surface area contributed by atoms with Crippen LogP contribution in [0.1, 0.15) is 194 Å². The molecule has 0 aliphatic heterocycles. The normalized spacial score (nSPS) is 14.1. The van der Waals surface area contributed by atoms with Gasteiger partial charge in [0.2, 0.25) is 5.91 Å². The molecule has 0 fully saturated rings. The number of carbonyl (C=O) groups excluding carboxylic acids is 2. The zero-order valence-corrected chi connectivity index (χ0v) is 35.1. The zero-order chi connectivity index (χ0) is 39.6. The van der Waals surface area contributed by atoms with Gasteiger partial charge in [-0.3, -0.25) is 9.59 Å². The molecule has 0 bridgehead atoms. The Bertz CT molecular complexity index is 1030. The minimum absolute atomic E-state index is 0.0519. The van der Waals surface area contributed by atoms with Gasteiger partial charge in [0.15, 0.2) is 0 Å². The van der Waals surface area contributed by atoms with Crippen molar-refractivity contribution in [3.63, 3.8) is 0 Å². The monoisotopic (exact) mass is 754 g/mol. The van der Waals surface area contributed by atoms with E-state index in [0.29, 0.717) is 19.3 Å². The Morgan fingerprint density at radius 3 is 1.50 bits per heavy atom. The highest BCUT2D eigenvalue weighted by molar-refractivity contribution is 5.77. The summed E-state index contributed by atoms with van der Waals surface area (Å²) < 4.78 is 5.88. The van der Waals surface area contributed by atoms with E-state index in [1.165, 1.54) is 38.5 Å². The largest absolute Gasteiger partial charge is 0.462 e. The Hall–Kier alpha value is -2.70. The maximum atomic E-state index is 13.1. The van der Waals surface area contributed by atoms with Crippen molar-refractivity contribution in [2.24, 2.45) is 0 Å². The molecule has 0 aromatic rings. The van der Waals surface area contributed by atoms with E-state index in [4.69, 9.17) is 4.74 Å². The smallest absolute Gasteiger partial charge is 0.306 e. The van der Waals surface area contributed by atoms with Crippen LogP contribution in [0.25, 0.3) is 0 Å². The minimum atomic E-state index is -0.797. The number of allylic oxidation sites excluding steroid dienone is 12. The molecular formula is C48H83NO5. The van der Waals surface area contributed by atoms with Gasteiger partial charge in [-0.15, -0.1) is 0 Å². The van der Waals surface area contributed by atoms with E-state index in [0.717, 1.165) is 109 Å². The van der Waals surface area contributed by atoms with Gasteiger partial charge in [0, 0.05) is 6.42 Å². The van der Waals surface area contributed by atoms with Crippen LogP contribution in [0.5, 0.6) is 0 Å². The second kappa shape index (κ2) is 41.5. The van der Waals surface area contributed by atoms with Crippen molar-refractivity contribution in [3.8, 4) is 0 Å². The first-order chi connectivity index (χ1) is 26.5. The van der Waals surface area contributed by atoms with Crippen molar-refractivity contribution in [1.29, 1.82) is 0 Å². The summed E-state index contributed by atoms with van der Waals surface area (Å²) in [6, 6.07) is -0.713. The Balaban J connectivity index is 4.69. The molecule has 0 saturated carbocycles. The summed E-state index contributed by atoms with van der Waals surface area (Å²) >= 11 is 0. The van der Waals surface area contributed by atoms with Gasteiger partial charge >= 0.3 is 5.97 Å². The van der Waals surface area contributed by atoms with Gasteiger partial charge in [-0.25, -0.2) is 0 Å². The summed E-state index contributed by atoms with van der Waals surface area (Å²) in [4.78, 5) is 25.9. The number of ether oxygens (including phenoxy) is 1. The van der Waals surface area contributed by atoms with Crippen LogP contribution in [0.15, 0.2) is 72.9 Å². The molecule has 0 heterocycles. The van der Waals surface area contributed by atoms with E-state index in [-0.39, 0.29) is 24.9 Å². The van der Waals surface area contributed by atoms with Gasteiger partial charge in [-0.05, 0) is 64.2 Å². The lowest BCUT2D eigenvalue weighted by atomic mass is 10.0. The van der Waals surface area contributed by atoms with Crippen molar-refractivity contribution in [2.75, 3.05) is 6.61 Å². The lowest BCUT2D eigenvalue weighted by Crippen LogP contribution is -2.46. The van der Waals surface area contributed by atoms with Gasteiger partial charge in [0.1, 0.15) is 6.10 Å². The third-order valence-corrected chi connectivity index (χ3v) is 9.65. The van der Waals surface area contributed by atoms with Crippen molar-refractivity contribution >= 4 is 11.9 Å². The van der Waals surface area contributed by atoms with E-state index in [1.807, 2.05) is 0 Å². The van der Waals surface area contributed by atoms with Gasteiger partial charge in [-0.1, -0.05) is 190 Å². The van der Waals surface area contributed by atoms with Crippen LogP contribution < -0.4 is 5.32 Å². The van der Waals surface area contributed by atoms with Crippen molar-refractivity contribution < 1.29 is 24.5 Å². The molecule has 1 amide bonds. The average Bonchev–Trinajstić information content (AvgIpc) is 3.16. The molecule has 0 saturated heterocycles. The fourth-order valence-corrected chi connectivity index (χ4v) is 6.31. The number of carbonyl (C=O) groups is 2.